The molecule has 1 atom stereocenters. The number of hydrogen-bond acceptors (Lipinski definition) is 3. The van der Waals surface area contributed by atoms with Crippen LogP contribution < -0.4 is 10.1 Å². The summed E-state index contributed by atoms with van der Waals surface area (Å²) in [5.74, 6) is -1.04. The van der Waals surface area contributed by atoms with Gasteiger partial charge in [0.2, 0.25) is 5.91 Å². The molecule has 172 valence electrons. The lowest BCUT2D eigenvalue weighted by atomic mass is 9.99. The molecule has 1 amide bonds. The van der Waals surface area contributed by atoms with Crippen molar-refractivity contribution in [3.8, 4) is 16.9 Å². The Hall–Kier alpha value is -3.25. The number of nitrogens with one attached hydrogen (secondary N) is 1. The molecule has 1 fully saturated rings. The Morgan fingerprint density at radius 3 is 2.52 bits per heavy atom. The summed E-state index contributed by atoms with van der Waals surface area (Å²) in [4.78, 5) is 15.1. The number of benzene rings is 3. The van der Waals surface area contributed by atoms with Crippen LogP contribution >= 0.6 is 0 Å². The summed E-state index contributed by atoms with van der Waals surface area (Å²) < 4.78 is 32.0. The predicted octanol–water partition coefficient (Wildman–Crippen LogP) is 5.31. The minimum atomic E-state index is -0.905. The number of likely N-dealkylation sites (tertiary alicyclic amines) is 1. The van der Waals surface area contributed by atoms with E-state index in [0.717, 1.165) is 60.4 Å². The maximum atomic E-state index is 13.4. The van der Waals surface area contributed by atoms with Crippen molar-refractivity contribution in [2.24, 2.45) is 0 Å². The lowest BCUT2D eigenvalue weighted by Gasteiger charge is -2.34. The highest BCUT2D eigenvalue weighted by Crippen LogP contribution is 2.30. The lowest BCUT2D eigenvalue weighted by Crippen LogP contribution is -2.48. The molecule has 0 aromatic heterocycles. The van der Waals surface area contributed by atoms with Crippen LogP contribution in [0.2, 0.25) is 0 Å². The van der Waals surface area contributed by atoms with Crippen LogP contribution in [0.25, 0.3) is 11.1 Å². The molecule has 1 saturated heterocycles. The van der Waals surface area contributed by atoms with Gasteiger partial charge in [-0.2, -0.15) is 0 Å². The molecular weight excluding hydrogens is 422 g/mol. The van der Waals surface area contributed by atoms with E-state index in [0.29, 0.717) is 12.1 Å². The normalized spacial score (nSPS) is 16.4. The molecule has 1 aliphatic rings. The molecule has 0 spiro atoms. The van der Waals surface area contributed by atoms with E-state index in [1.165, 1.54) is 6.07 Å². The fourth-order valence-corrected chi connectivity index (χ4v) is 4.34. The molecule has 1 unspecified atom stereocenters. The Morgan fingerprint density at radius 2 is 1.76 bits per heavy atom. The summed E-state index contributed by atoms with van der Waals surface area (Å²) in [5, 5.41) is 2.89. The van der Waals surface area contributed by atoms with Crippen molar-refractivity contribution in [2.45, 2.75) is 38.4 Å². The number of amides is 1. The number of ether oxygens (including phenoxy) is 1. The summed E-state index contributed by atoms with van der Waals surface area (Å²) in [7, 11) is 1.67. The highest BCUT2D eigenvalue weighted by molar-refractivity contribution is 5.81. The standard InChI is InChI=1S/C27H28F2N2O2/c1-33-26-8-3-2-6-22(26)21-12-9-19(10-13-21)18-31-15-5-4-7-25(31)27(32)30-17-20-11-14-23(28)24(29)16-20/h2-3,6,8-14,16,25H,4-5,7,15,17-18H2,1H3,(H,30,32). The summed E-state index contributed by atoms with van der Waals surface area (Å²) >= 11 is 0. The van der Waals surface area contributed by atoms with Gasteiger partial charge in [-0.1, -0.05) is 55.0 Å². The Morgan fingerprint density at radius 1 is 1.00 bits per heavy atom. The molecule has 3 aromatic carbocycles. The average Bonchev–Trinajstić information content (AvgIpc) is 2.85. The first kappa shape index (κ1) is 22.9. The lowest BCUT2D eigenvalue weighted by molar-refractivity contribution is -0.128. The van der Waals surface area contributed by atoms with Gasteiger partial charge in [0.1, 0.15) is 5.75 Å². The van der Waals surface area contributed by atoms with Gasteiger partial charge in [-0.25, -0.2) is 8.78 Å². The molecule has 0 saturated carbocycles. The van der Waals surface area contributed by atoms with Crippen molar-refractivity contribution >= 4 is 5.91 Å². The number of carbonyl (C=O) groups is 1. The van der Waals surface area contributed by atoms with E-state index in [1.807, 2.05) is 24.3 Å². The van der Waals surface area contributed by atoms with E-state index in [9.17, 15) is 13.6 Å². The molecule has 1 heterocycles. The van der Waals surface area contributed by atoms with Crippen LogP contribution in [-0.4, -0.2) is 30.5 Å². The highest BCUT2D eigenvalue weighted by Gasteiger charge is 2.28. The zero-order valence-corrected chi connectivity index (χ0v) is 18.7. The van der Waals surface area contributed by atoms with Gasteiger partial charge in [0.15, 0.2) is 11.6 Å². The van der Waals surface area contributed by atoms with Gasteiger partial charge < -0.3 is 10.1 Å². The Labute approximate surface area is 193 Å². The van der Waals surface area contributed by atoms with Gasteiger partial charge >= 0.3 is 0 Å². The van der Waals surface area contributed by atoms with Gasteiger partial charge in [-0.05, 0) is 54.3 Å². The smallest absolute Gasteiger partial charge is 0.237 e. The molecule has 0 aliphatic carbocycles. The summed E-state index contributed by atoms with van der Waals surface area (Å²) in [6.07, 6.45) is 2.82. The van der Waals surface area contributed by atoms with Crippen molar-refractivity contribution < 1.29 is 18.3 Å². The zero-order valence-electron chi connectivity index (χ0n) is 18.7. The Balaban J connectivity index is 1.40. The third-order valence-corrected chi connectivity index (χ3v) is 6.12. The summed E-state index contributed by atoms with van der Waals surface area (Å²) in [6.45, 7) is 1.70. The van der Waals surface area contributed by atoms with Gasteiger partial charge in [-0.3, -0.25) is 9.69 Å². The largest absolute Gasteiger partial charge is 0.496 e. The summed E-state index contributed by atoms with van der Waals surface area (Å²) in [6, 6.07) is 19.7. The Kier molecular flexibility index (Phi) is 7.35. The average molecular weight is 451 g/mol. The van der Waals surface area contributed by atoms with Crippen molar-refractivity contribution in [3.05, 3.63) is 89.5 Å². The van der Waals surface area contributed by atoms with Crippen LogP contribution in [0.1, 0.15) is 30.4 Å². The molecule has 6 heteroatoms. The van der Waals surface area contributed by atoms with E-state index in [2.05, 4.69) is 34.5 Å². The van der Waals surface area contributed by atoms with E-state index in [4.69, 9.17) is 4.74 Å². The van der Waals surface area contributed by atoms with Crippen molar-refractivity contribution in [2.75, 3.05) is 13.7 Å². The Bertz CT molecular complexity index is 1100. The van der Waals surface area contributed by atoms with Gasteiger partial charge in [-0.15, -0.1) is 0 Å². The molecule has 0 radical (unpaired) electrons. The zero-order chi connectivity index (χ0) is 23.2. The maximum Gasteiger partial charge on any atom is 0.237 e. The topological polar surface area (TPSA) is 41.6 Å². The minimum Gasteiger partial charge on any atom is -0.496 e. The second-order valence-electron chi connectivity index (χ2n) is 8.35. The molecule has 0 bridgehead atoms. The van der Waals surface area contributed by atoms with Crippen LogP contribution in [0, 0.1) is 11.6 Å². The fraction of sp³-hybridized carbons (Fsp3) is 0.296. The molecule has 4 nitrogen and oxygen atoms in total. The SMILES string of the molecule is COc1ccccc1-c1ccc(CN2CCCCC2C(=O)NCc2ccc(F)c(F)c2)cc1. The van der Waals surface area contributed by atoms with E-state index < -0.39 is 11.6 Å². The second-order valence-corrected chi connectivity index (χ2v) is 8.35. The van der Waals surface area contributed by atoms with Gasteiger partial charge in [0.25, 0.3) is 0 Å². The van der Waals surface area contributed by atoms with Crippen LogP contribution in [0.3, 0.4) is 0 Å². The van der Waals surface area contributed by atoms with Crippen LogP contribution in [0.4, 0.5) is 8.78 Å². The van der Waals surface area contributed by atoms with E-state index in [-0.39, 0.29) is 18.5 Å². The molecular formula is C27H28F2N2O2. The number of methoxy groups -OCH3 is 1. The maximum absolute atomic E-state index is 13.4. The van der Waals surface area contributed by atoms with E-state index >= 15 is 0 Å². The summed E-state index contributed by atoms with van der Waals surface area (Å²) in [5.41, 5.74) is 3.79. The van der Waals surface area contributed by atoms with Crippen LogP contribution in [0.15, 0.2) is 66.7 Å². The number of carbonyl (C=O) groups excluding carboxylic acids is 1. The molecule has 1 N–H and O–H groups in total. The molecule has 4 rings (SSSR count). The monoisotopic (exact) mass is 450 g/mol. The fourth-order valence-electron chi connectivity index (χ4n) is 4.34. The highest BCUT2D eigenvalue weighted by atomic mass is 19.2. The number of hydrogen-bond donors (Lipinski definition) is 1. The molecule has 33 heavy (non-hydrogen) atoms. The first-order valence-electron chi connectivity index (χ1n) is 11.2. The number of para-hydroxylation sites is 1. The third-order valence-electron chi connectivity index (χ3n) is 6.12. The molecule has 1 aliphatic heterocycles. The first-order chi connectivity index (χ1) is 16.0. The number of piperidine rings is 1. The van der Waals surface area contributed by atoms with Crippen molar-refractivity contribution in [1.82, 2.24) is 10.2 Å². The number of nitrogens with zero attached hydrogens (tertiary/aromatic N) is 1. The quantitative estimate of drug-likeness (QED) is 0.530. The van der Waals surface area contributed by atoms with Crippen molar-refractivity contribution in [1.29, 1.82) is 0 Å². The van der Waals surface area contributed by atoms with Crippen molar-refractivity contribution in [3.63, 3.8) is 0 Å². The minimum absolute atomic E-state index is 0.0786. The van der Waals surface area contributed by atoms with Crippen LogP contribution in [0.5, 0.6) is 5.75 Å². The van der Waals surface area contributed by atoms with Crippen LogP contribution in [-0.2, 0) is 17.9 Å². The first-order valence-corrected chi connectivity index (χ1v) is 11.2. The molecule has 3 aromatic rings. The van der Waals surface area contributed by atoms with Gasteiger partial charge in [0, 0.05) is 18.7 Å². The predicted molar refractivity (Wildman–Crippen MR) is 125 cm³/mol. The van der Waals surface area contributed by atoms with E-state index in [1.54, 1.807) is 7.11 Å². The third kappa shape index (κ3) is 5.57. The van der Waals surface area contributed by atoms with Gasteiger partial charge in [0.05, 0.1) is 13.2 Å². The number of rotatable bonds is 7. The second kappa shape index (κ2) is 10.6. The number of halogens is 2.